The zero-order valence-corrected chi connectivity index (χ0v) is 25.3. The molecule has 4 rings (SSSR count). The molecule has 13 heteroatoms. The molecule has 220 valence electrons. The third-order valence-electron chi connectivity index (χ3n) is 6.23. The number of para-hydroxylation sites is 1. The van der Waals surface area contributed by atoms with Crippen LogP contribution in [-0.2, 0) is 24.8 Å². The number of anilines is 3. The molecular formula is C29H28ClN3O7S2. The van der Waals surface area contributed by atoms with Crippen molar-refractivity contribution in [1.82, 2.24) is 0 Å². The highest BCUT2D eigenvalue weighted by atomic mass is 35.5. The molecular weight excluding hydrogens is 602 g/mol. The number of nitrogens with zero attached hydrogens (tertiary/aromatic N) is 1. The van der Waals surface area contributed by atoms with E-state index in [0.29, 0.717) is 22.0 Å². The SMILES string of the molecule is COc1ccc(S(=O)(=O)N(CC(=O)Nc2ccc(S(=O)(=O)Nc3cccc(Cl)c3C)cc2)c2ccccc2)cc1OC. The molecule has 1 amide bonds. The predicted octanol–water partition coefficient (Wildman–Crippen LogP) is 5.30. The summed E-state index contributed by atoms with van der Waals surface area (Å²) in [5.41, 5.74) is 1.47. The number of amides is 1. The molecule has 0 fully saturated rings. The average Bonchev–Trinajstić information content (AvgIpc) is 2.98. The summed E-state index contributed by atoms with van der Waals surface area (Å²) in [6.07, 6.45) is 0. The van der Waals surface area contributed by atoms with E-state index in [9.17, 15) is 21.6 Å². The second-order valence-electron chi connectivity index (χ2n) is 8.95. The lowest BCUT2D eigenvalue weighted by Gasteiger charge is -2.24. The van der Waals surface area contributed by atoms with Crippen molar-refractivity contribution in [2.45, 2.75) is 16.7 Å². The number of rotatable bonds is 11. The van der Waals surface area contributed by atoms with Gasteiger partial charge in [-0.15, -0.1) is 0 Å². The van der Waals surface area contributed by atoms with E-state index in [0.717, 1.165) is 4.31 Å². The predicted molar refractivity (Wildman–Crippen MR) is 163 cm³/mol. The summed E-state index contributed by atoms with van der Waals surface area (Å²) in [6, 6.07) is 22.7. The molecule has 0 aliphatic carbocycles. The highest BCUT2D eigenvalue weighted by molar-refractivity contribution is 7.93. The second kappa shape index (κ2) is 12.7. The number of carbonyl (C=O) groups excluding carboxylic acids is 1. The molecule has 0 aromatic heterocycles. The molecule has 4 aromatic carbocycles. The van der Waals surface area contributed by atoms with Gasteiger partial charge in [0.05, 0.1) is 35.4 Å². The number of ether oxygens (including phenoxy) is 2. The molecule has 0 aliphatic heterocycles. The topological polar surface area (TPSA) is 131 Å². The maximum atomic E-state index is 13.7. The molecule has 0 spiro atoms. The van der Waals surface area contributed by atoms with Crippen LogP contribution in [0.2, 0.25) is 5.02 Å². The Morgan fingerprint density at radius 1 is 0.810 bits per heavy atom. The summed E-state index contributed by atoms with van der Waals surface area (Å²) in [5.74, 6) is -0.0823. The van der Waals surface area contributed by atoms with E-state index in [-0.39, 0.29) is 26.9 Å². The zero-order chi connectivity index (χ0) is 30.5. The highest BCUT2D eigenvalue weighted by Gasteiger charge is 2.28. The van der Waals surface area contributed by atoms with Gasteiger partial charge in [-0.3, -0.25) is 13.8 Å². The average molecular weight is 630 g/mol. The van der Waals surface area contributed by atoms with E-state index < -0.39 is 32.5 Å². The monoisotopic (exact) mass is 629 g/mol. The maximum Gasteiger partial charge on any atom is 0.264 e. The molecule has 4 aromatic rings. The summed E-state index contributed by atoms with van der Waals surface area (Å²) in [6.45, 7) is 1.14. The molecule has 0 bridgehead atoms. The van der Waals surface area contributed by atoms with Crippen LogP contribution in [-0.4, -0.2) is 43.5 Å². The van der Waals surface area contributed by atoms with Crippen molar-refractivity contribution in [3.8, 4) is 11.5 Å². The molecule has 0 radical (unpaired) electrons. The summed E-state index contributed by atoms with van der Waals surface area (Å²) in [4.78, 5) is 12.9. The minimum Gasteiger partial charge on any atom is -0.493 e. The van der Waals surface area contributed by atoms with Crippen LogP contribution >= 0.6 is 11.6 Å². The van der Waals surface area contributed by atoms with Crippen molar-refractivity contribution in [2.24, 2.45) is 0 Å². The van der Waals surface area contributed by atoms with E-state index >= 15 is 0 Å². The number of halogens is 1. The molecule has 0 atom stereocenters. The quantitative estimate of drug-likeness (QED) is 0.230. The zero-order valence-electron chi connectivity index (χ0n) is 22.9. The maximum absolute atomic E-state index is 13.7. The number of benzene rings is 4. The number of hydrogen-bond acceptors (Lipinski definition) is 7. The third kappa shape index (κ3) is 6.78. The number of carbonyl (C=O) groups is 1. The van der Waals surface area contributed by atoms with Gasteiger partial charge in [-0.25, -0.2) is 16.8 Å². The smallest absolute Gasteiger partial charge is 0.264 e. The van der Waals surface area contributed by atoms with Gasteiger partial charge in [-0.1, -0.05) is 35.9 Å². The lowest BCUT2D eigenvalue weighted by atomic mass is 10.2. The van der Waals surface area contributed by atoms with Gasteiger partial charge in [0, 0.05) is 16.8 Å². The molecule has 0 saturated carbocycles. The molecule has 0 saturated heterocycles. The van der Waals surface area contributed by atoms with Crippen molar-refractivity contribution in [3.63, 3.8) is 0 Å². The largest absolute Gasteiger partial charge is 0.493 e. The van der Waals surface area contributed by atoms with Crippen LogP contribution < -0.4 is 23.8 Å². The Hall–Kier alpha value is -4.26. The van der Waals surface area contributed by atoms with Crippen molar-refractivity contribution in [1.29, 1.82) is 0 Å². The van der Waals surface area contributed by atoms with Crippen molar-refractivity contribution in [2.75, 3.05) is 35.1 Å². The first kappa shape index (κ1) is 30.7. The van der Waals surface area contributed by atoms with Crippen LogP contribution in [0.1, 0.15) is 5.56 Å². The van der Waals surface area contributed by atoms with Crippen molar-refractivity contribution < 1.29 is 31.1 Å². The molecule has 2 N–H and O–H groups in total. The molecule has 42 heavy (non-hydrogen) atoms. The van der Waals surface area contributed by atoms with Crippen LogP contribution in [0.15, 0.2) is 101 Å². The first-order chi connectivity index (χ1) is 20.0. The number of hydrogen-bond donors (Lipinski definition) is 2. The second-order valence-corrected chi connectivity index (χ2v) is 12.9. The highest BCUT2D eigenvalue weighted by Crippen LogP contribution is 2.32. The lowest BCUT2D eigenvalue weighted by molar-refractivity contribution is -0.114. The summed E-state index contributed by atoms with van der Waals surface area (Å²) in [5, 5.41) is 3.05. The fourth-order valence-corrected chi connectivity index (χ4v) is 6.72. The van der Waals surface area contributed by atoms with Crippen LogP contribution in [0, 0.1) is 6.92 Å². The van der Waals surface area contributed by atoms with Crippen molar-refractivity contribution >= 4 is 54.6 Å². The number of methoxy groups -OCH3 is 2. The lowest BCUT2D eigenvalue weighted by Crippen LogP contribution is -2.38. The molecule has 0 heterocycles. The minimum absolute atomic E-state index is 0.0400. The minimum atomic E-state index is -4.22. The van der Waals surface area contributed by atoms with E-state index in [1.807, 2.05) is 0 Å². The Morgan fingerprint density at radius 2 is 1.45 bits per heavy atom. The Morgan fingerprint density at radius 3 is 2.10 bits per heavy atom. The summed E-state index contributed by atoms with van der Waals surface area (Å²) >= 11 is 6.10. The van der Waals surface area contributed by atoms with Gasteiger partial charge in [-0.05, 0) is 73.2 Å². The Labute approximate surface area is 250 Å². The fraction of sp³-hybridized carbons (Fsp3) is 0.138. The third-order valence-corrected chi connectivity index (χ3v) is 9.80. The summed E-state index contributed by atoms with van der Waals surface area (Å²) in [7, 11) is -5.34. The van der Waals surface area contributed by atoms with E-state index in [1.165, 1.54) is 56.7 Å². The van der Waals surface area contributed by atoms with E-state index in [1.54, 1.807) is 55.5 Å². The van der Waals surface area contributed by atoms with Gasteiger partial charge < -0.3 is 14.8 Å². The number of nitrogens with one attached hydrogen (secondary N) is 2. The standard InChI is InChI=1S/C29H28ClN3O7S2/c1-20-25(30)10-7-11-26(20)32-41(35,36)23-14-12-21(13-15-23)31-29(34)19-33(22-8-5-4-6-9-22)42(37,38)24-16-17-27(39-2)28(18-24)40-3/h4-18,32H,19H2,1-3H3,(H,31,34). The first-order valence-electron chi connectivity index (χ1n) is 12.4. The van der Waals surface area contributed by atoms with Gasteiger partial charge in [0.15, 0.2) is 11.5 Å². The number of sulfonamides is 2. The molecule has 10 nitrogen and oxygen atoms in total. The summed E-state index contributed by atoms with van der Waals surface area (Å²) < 4.78 is 67.2. The van der Waals surface area contributed by atoms with Crippen LogP contribution in [0.4, 0.5) is 17.1 Å². The van der Waals surface area contributed by atoms with Gasteiger partial charge in [0.25, 0.3) is 20.0 Å². The van der Waals surface area contributed by atoms with Crippen LogP contribution in [0.3, 0.4) is 0 Å². The van der Waals surface area contributed by atoms with Gasteiger partial charge >= 0.3 is 0 Å². The van der Waals surface area contributed by atoms with Crippen LogP contribution in [0.25, 0.3) is 0 Å². The Bertz CT molecular complexity index is 1800. The fourth-order valence-electron chi connectivity index (χ4n) is 3.98. The Balaban J connectivity index is 1.55. The first-order valence-corrected chi connectivity index (χ1v) is 15.7. The molecule has 0 aliphatic rings. The molecule has 0 unspecified atom stereocenters. The Kier molecular flexibility index (Phi) is 9.30. The van der Waals surface area contributed by atoms with E-state index in [4.69, 9.17) is 21.1 Å². The van der Waals surface area contributed by atoms with Gasteiger partial charge in [-0.2, -0.15) is 0 Å². The van der Waals surface area contributed by atoms with Crippen molar-refractivity contribution in [3.05, 3.63) is 102 Å². The van der Waals surface area contributed by atoms with Gasteiger partial charge in [0.1, 0.15) is 6.54 Å². The normalized spacial score (nSPS) is 11.4. The van der Waals surface area contributed by atoms with E-state index in [2.05, 4.69) is 10.0 Å². The van der Waals surface area contributed by atoms with Crippen LogP contribution in [0.5, 0.6) is 11.5 Å². The van der Waals surface area contributed by atoms with Gasteiger partial charge in [0.2, 0.25) is 5.91 Å².